The quantitative estimate of drug-likeness (QED) is 0.512. The van der Waals surface area contributed by atoms with Crippen molar-refractivity contribution in [2.24, 2.45) is 29.1 Å². The number of carbonyl (C=O) groups is 2. The highest BCUT2D eigenvalue weighted by Gasteiger charge is 2.60. The van der Waals surface area contributed by atoms with Crippen LogP contribution >= 0.6 is 11.3 Å². The van der Waals surface area contributed by atoms with Crippen LogP contribution in [0, 0.1) is 36.0 Å². The fourth-order valence-electron chi connectivity index (χ4n) is 6.52. The van der Waals surface area contributed by atoms with Crippen molar-refractivity contribution in [1.29, 1.82) is 0 Å². The summed E-state index contributed by atoms with van der Waals surface area (Å²) < 4.78 is 6.32. The van der Waals surface area contributed by atoms with Crippen LogP contribution in [0.3, 0.4) is 0 Å². The molecule has 0 spiro atoms. The van der Waals surface area contributed by atoms with Gasteiger partial charge in [-0.15, -0.1) is 11.3 Å². The molecule has 2 aliphatic heterocycles. The van der Waals surface area contributed by atoms with Gasteiger partial charge in [0.25, 0.3) is 0 Å². The smallest absolute Gasteiger partial charge is 0.226 e. The molecule has 3 heterocycles. The molecule has 3 aliphatic rings. The Morgan fingerprint density at radius 3 is 2.58 bits per heavy atom. The Balaban J connectivity index is 1.69. The van der Waals surface area contributed by atoms with E-state index in [1.807, 2.05) is 32.2 Å². The summed E-state index contributed by atoms with van der Waals surface area (Å²) in [7, 11) is 0. The van der Waals surface area contributed by atoms with Crippen LogP contribution < -0.4 is 5.32 Å². The molecular formula is C28H42N2O5S. The number of thiazole rings is 1. The average molecular weight is 519 g/mol. The highest BCUT2D eigenvalue weighted by atomic mass is 32.1. The molecular weight excluding hydrogens is 476 g/mol. The molecule has 1 aromatic heterocycles. The lowest BCUT2D eigenvalue weighted by atomic mass is 9.66. The maximum Gasteiger partial charge on any atom is 0.226 e. The van der Waals surface area contributed by atoms with Gasteiger partial charge in [-0.2, -0.15) is 0 Å². The number of nitrogens with zero attached hydrogens (tertiary/aromatic N) is 1. The molecule has 9 atom stereocenters. The SMILES string of the molecule is C/C(=C\c1csc(C)n1)[C@H]1NC(=O)C2CC1[C@@H]1O[C@]1(C)CCC[C@H](C)[C@H](O)[C@@H](C)C(=O)C(C)(C)[C@H]2O. The first kappa shape index (κ1) is 27.4. The summed E-state index contributed by atoms with van der Waals surface area (Å²) in [4.78, 5) is 31.4. The Labute approximate surface area is 218 Å². The van der Waals surface area contributed by atoms with Crippen molar-refractivity contribution in [2.45, 2.75) is 104 Å². The summed E-state index contributed by atoms with van der Waals surface area (Å²) in [5.74, 6) is -1.91. The zero-order valence-electron chi connectivity index (χ0n) is 22.6. The third-order valence-corrected chi connectivity index (χ3v) is 9.81. The number of ether oxygens (including phenoxy) is 1. The molecule has 1 aliphatic carbocycles. The van der Waals surface area contributed by atoms with Gasteiger partial charge < -0.3 is 20.3 Å². The number of nitrogens with one attached hydrogen (secondary N) is 1. The molecule has 1 saturated carbocycles. The standard InChI is InChI=1S/C28H42N2O5S/c1-14-9-8-10-28(7)25(35-28)19-12-20(24(33)27(5,6)23(32)16(3)22(14)31)26(34)30-21(19)15(2)11-18-13-36-17(4)29-18/h11,13-14,16,19-22,24-25,31,33H,8-10,12H2,1-7H3,(H,30,34)/b15-11+/t14-,16+,19?,20?,21+,22-,24-,25-,28+/m0/s1. The van der Waals surface area contributed by atoms with Gasteiger partial charge >= 0.3 is 0 Å². The van der Waals surface area contributed by atoms with Gasteiger partial charge in [-0.3, -0.25) is 9.59 Å². The molecule has 36 heavy (non-hydrogen) atoms. The Hall–Kier alpha value is -1.61. The lowest BCUT2D eigenvalue weighted by Crippen LogP contribution is -2.58. The number of epoxide rings is 1. The second-order valence-electron chi connectivity index (χ2n) is 12.2. The fourth-order valence-corrected chi connectivity index (χ4v) is 7.09. The van der Waals surface area contributed by atoms with Crippen molar-refractivity contribution < 1.29 is 24.5 Å². The molecule has 2 unspecified atom stereocenters. The normalized spacial score (nSPS) is 41.8. The van der Waals surface area contributed by atoms with Crippen LogP contribution in [0.25, 0.3) is 6.08 Å². The molecule has 4 rings (SSSR count). The Kier molecular flexibility index (Phi) is 7.57. The van der Waals surface area contributed by atoms with E-state index in [1.54, 1.807) is 32.1 Å². The molecule has 1 amide bonds. The van der Waals surface area contributed by atoms with E-state index in [2.05, 4.69) is 17.2 Å². The molecule has 0 radical (unpaired) electrons. The molecule has 7 nitrogen and oxygen atoms in total. The minimum Gasteiger partial charge on any atom is -0.392 e. The van der Waals surface area contributed by atoms with E-state index in [9.17, 15) is 19.8 Å². The van der Waals surface area contributed by atoms with Crippen molar-refractivity contribution in [2.75, 3.05) is 0 Å². The van der Waals surface area contributed by atoms with E-state index in [0.29, 0.717) is 6.42 Å². The van der Waals surface area contributed by atoms with Crippen LogP contribution in [0.5, 0.6) is 0 Å². The maximum absolute atomic E-state index is 13.5. The number of aliphatic hydroxyl groups excluding tert-OH is 2. The third kappa shape index (κ3) is 5.06. The van der Waals surface area contributed by atoms with Crippen LogP contribution in [0.1, 0.15) is 77.9 Å². The number of Topliss-reactive ketones (excluding diaryl/α,β-unsaturated/α-hetero) is 1. The maximum atomic E-state index is 13.5. The van der Waals surface area contributed by atoms with Crippen LogP contribution in [-0.2, 0) is 14.3 Å². The number of hydrogen-bond donors (Lipinski definition) is 3. The number of piperidine rings is 1. The van der Waals surface area contributed by atoms with Gasteiger partial charge in [0, 0.05) is 17.2 Å². The highest BCUT2D eigenvalue weighted by molar-refractivity contribution is 7.09. The first-order chi connectivity index (χ1) is 16.8. The molecule has 8 heteroatoms. The van der Waals surface area contributed by atoms with E-state index in [4.69, 9.17) is 4.74 Å². The molecule has 1 aromatic rings. The molecule has 2 bridgehead atoms. The van der Waals surface area contributed by atoms with Crippen LogP contribution in [0.15, 0.2) is 11.0 Å². The summed E-state index contributed by atoms with van der Waals surface area (Å²) >= 11 is 1.59. The number of rotatable bonds is 2. The van der Waals surface area contributed by atoms with Crippen molar-refractivity contribution >= 4 is 29.1 Å². The van der Waals surface area contributed by atoms with Gasteiger partial charge in [0.1, 0.15) is 5.78 Å². The number of carbonyl (C=O) groups excluding carboxylic acids is 2. The summed E-state index contributed by atoms with van der Waals surface area (Å²) in [6.07, 6.45) is 2.96. The number of amides is 1. The van der Waals surface area contributed by atoms with E-state index in [1.165, 1.54) is 0 Å². The van der Waals surface area contributed by atoms with Crippen molar-refractivity contribution in [3.05, 3.63) is 21.7 Å². The minimum atomic E-state index is -1.18. The fraction of sp³-hybridized carbons (Fsp3) is 0.750. The first-order valence-corrected chi connectivity index (χ1v) is 14.1. The Bertz CT molecular complexity index is 1030. The largest absolute Gasteiger partial charge is 0.392 e. The number of fused-ring (bicyclic) bond motifs is 4. The average Bonchev–Trinajstić information content (AvgIpc) is 3.32. The van der Waals surface area contributed by atoms with Gasteiger partial charge in [-0.05, 0) is 57.6 Å². The van der Waals surface area contributed by atoms with E-state index >= 15 is 0 Å². The second-order valence-corrected chi connectivity index (χ2v) is 13.3. The minimum absolute atomic E-state index is 0.0300. The second kappa shape index (κ2) is 9.93. The van der Waals surface area contributed by atoms with Gasteiger partial charge in [0.15, 0.2) is 0 Å². The van der Waals surface area contributed by atoms with Gasteiger partial charge in [0.2, 0.25) is 5.91 Å². The third-order valence-electron chi connectivity index (χ3n) is 9.02. The Morgan fingerprint density at radius 1 is 1.25 bits per heavy atom. The van der Waals surface area contributed by atoms with Crippen molar-refractivity contribution in [3.8, 4) is 0 Å². The molecule has 3 N–H and O–H groups in total. The van der Waals surface area contributed by atoms with Gasteiger partial charge in [0.05, 0.1) is 52.0 Å². The van der Waals surface area contributed by atoms with Crippen LogP contribution in [0.4, 0.5) is 0 Å². The van der Waals surface area contributed by atoms with E-state index in [-0.39, 0.29) is 41.3 Å². The first-order valence-electron chi connectivity index (χ1n) is 13.2. The number of ketones is 1. The summed E-state index contributed by atoms with van der Waals surface area (Å²) in [5.41, 5.74) is 0.399. The van der Waals surface area contributed by atoms with E-state index < -0.39 is 29.5 Å². The van der Waals surface area contributed by atoms with E-state index in [0.717, 1.165) is 35.5 Å². The molecule has 3 fully saturated rings. The van der Waals surface area contributed by atoms with Crippen molar-refractivity contribution in [1.82, 2.24) is 10.3 Å². The van der Waals surface area contributed by atoms with Crippen LogP contribution in [0.2, 0.25) is 0 Å². The Morgan fingerprint density at radius 2 is 1.94 bits per heavy atom. The summed E-state index contributed by atoms with van der Waals surface area (Å²) in [6, 6.07) is -0.235. The van der Waals surface area contributed by atoms with Gasteiger partial charge in [-0.1, -0.05) is 34.1 Å². The van der Waals surface area contributed by atoms with Gasteiger partial charge in [-0.25, -0.2) is 4.98 Å². The number of hydrogen-bond acceptors (Lipinski definition) is 7. The number of aromatic nitrogens is 1. The number of aliphatic hydroxyl groups is 2. The van der Waals surface area contributed by atoms with Crippen LogP contribution in [-0.4, -0.2) is 56.8 Å². The molecule has 2 saturated heterocycles. The van der Waals surface area contributed by atoms with Crippen molar-refractivity contribution in [3.63, 3.8) is 0 Å². The topological polar surface area (TPSA) is 112 Å². The molecule has 200 valence electrons. The number of aryl methyl sites for hydroxylation is 1. The molecule has 0 aromatic carbocycles. The summed E-state index contributed by atoms with van der Waals surface area (Å²) in [5, 5.41) is 28.5. The predicted molar refractivity (Wildman–Crippen MR) is 140 cm³/mol. The zero-order chi connectivity index (χ0) is 26.6. The lowest BCUT2D eigenvalue weighted by molar-refractivity contribution is -0.150. The highest BCUT2D eigenvalue weighted by Crippen LogP contribution is 2.51. The lowest BCUT2D eigenvalue weighted by Gasteiger charge is -2.43. The zero-order valence-corrected chi connectivity index (χ0v) is 23.4. The monoisotopic (exact) mass is 518 g/mol. The predicted octanol–water partition coefficient (Wildman–Crippen LogP) is 3.91. The summed E-state index contributed by atoms with van der Waals surface area (Å²) in [6.45, 7) is 13.2.